The van der Waals surface area contributed by atoms with E-state index < -0.39 is 0 Å². The number of carbonyl (C=O) groups excluding carboxylic acids is 1. The lowest BCUT2D eigenvalue weighted by atomic mass is 10.2. The normalized spacial score (nSPS) is 10.9. The second kappa shape index (κ2) is 6.24. The molecule has 4 aromatic rings. The van der Waals surface area contributed by atoms with Crippen LogP contribution in [0.4, 0.5) is 5.95 Å². The second-order valence-electron chi connectivity index (χ2n) is 5.72. The van der Waals surface area contributed by atoms with Crippen LogP contribution in [0.25, 0.3) is 22.5 Å². The van der Waals surface area contributed by atoms with Gasteiger partial charge >= 0.3 is 0 Å². The number of para-hydroxylation sites is 2. The van der Waals surface area contributed by atoms with Gasteiger partial charge in [0, 0.05) is 5.56 Å². The van der Waals surface area contributed by atoms with E-state index in [4.69, 9.17) is 4.42 Å². The summed E-state index contributed by atoms with van der Waals surface area (Å²) in [4.78, 5) is 24.2. The quantitative estimate of drug-likeness (QED) is 0.597. The highest BCUT2D eigenvalue weighted by Gasteiger charge is 2.15. The third-order valence-electron chi connectivity index (χ3n) is 3.89. The Morgan fingerprint density at radius 3 is 2.64 bits per heavy atom. The van der Waals surface area contributed by atoms with E-state index in [1.54, 1.807) is 0 Å². The number of aromatic nitrogens is 3. The van der Waals surface area contributed by atoms with Gasteiger partial charge in [-0.25, -0.2) is 9.97 Å². The highest BCUT2D eigenvalue weighted by Crippen LogP contribution is 2.22. The predicted octanol–water partition coefficient (Wildman–Crippen LogP) is 3.71. The van der Waals surface area contributed by atoms with E-state index in [1.165, 1.54) is 0 Å². The van der Waals surface area contributed by atoms with Crippen LogP contribution in [0.15, 0.2) is 59.0 Å². The van der Waals surface area contributed by atoms with Crippen LogP contribution < -0.4 is 5.32 Å². The van der Waals surface area contributed by atoms with Crippen LogP contribution in [0.1, 0.15) is 11.5 Å². The van der Waals surface area contributed by atoms with Gasteiger partial charge in [-0.1, -0.05) is 30.3 Å². The first-order valence-electron chi connectivity index (χ1n) is 7.95. The predicted molar refractivity (Wildman–Crippen MR) is 95.1 cm³/mol. The zero-order valence-corrected chi connectivity index (χ0v) is 13.6. The Labute approximate surface area is 143 Å². The average Bonchev–Trinajstić information content (AvgIpc) is 3.18. The molecule has 1 amide bonds. The minimum atomic E-state index is -0.199. The summed E-state index contributed by atoms with van der Waals surface area (Å²) in [6, 6.07) is 17.2. The number of hydrogen-bond acceptors (Lipinski definition) is 4. The van der Waals surface area contributed by atoms with Crippen LogP contribution in [-0.2, 0) is 11.2 Å². The van der Waals surface area contributed by atoms with Gasteiger partial charge in [-0.15, -0.1) is 0 Å². The summed E-state index contributed by atoms with van der Waals surface area (Å²) in [7, 11) is 0. The van der Waals surface area contributed by atoms with Crippen molar-refractivity contribution in [3.05, 3.63) is 66.1 Å². The number of amides is 1. The van der Waals surface area contributed by atoms with Crippen LogP contribution in [-0.4, -0.2) is 20.9 Å². The number of aryl methyl sites for hydroxylation is 1. The Balaban J connectivity index is 1.50. The van der Waals surface area contributed by atoms with Gasteiger partial charge in [-0.2, -0.15) is 0 Å². The van der Waals surface area contributed by atoms with E-state index in [1.807, 2.05) is 61.5 Å². The Kier molecular flexibility index (Phi) is 3.78. The Morgan fingerprint density at radius 2 is 1.84 bits per heavy atom. The average molecular weight is 332 g/mol. The first-order chi connectivity index (χ1) is 12.2. The van der Waals surface area contributed by atoms with E-state index in [-0.39, 0.29) is 12.3 Å². The summed E-state index contributed by atoms with van der Waals surface area (Å²) in [5.74, 6) is 1.38. The fourth-order valence-electron chi connectivity index (χ4n) is 2.64. The number of anilines is 1. The maximum atomic E-state index is 12.3. The fourth-order valence-corrected chi connectivity index (χ4v) is 2.64. The molecule has 2 heterocycles. The van der Waals surface area contributed by atoms with Gasteiger partial charge in [-0.3, -0.25) is 10.1 Å². The molecule has 0 spiro atoms. The van der Waals surface area contributed by atoms with Crippen molar-refractivity contribution in [1.82, 2.24) is 15.0 Å². The highest BCUT2D eigenvalue weighted by atomic mass is 16.4. The SMILES string of the molecule is Cc1oc(-c2ccccc2)nc1CC(=O)Nc1nc2ccccc2[nH]1. The number of rotatable bonds is 4. The standard InChI is InChI=1S/C19H16N4O2/c1-12-16(20-18(25-12)13-7-3-2-4-8-13)11-17(24)23-19-21-14-9-5-6-10-15(14)22-19/h2-10H,11H2,1H3,(H2,21,22,23,24). The number of nitrogens with one attached hydrogen (secondary N) is 2. The van der Waals surface area contributed by atoms with Crippen LogP contribution in [0.3, 0.4) is 0 Å². The zero-order valence-electron chi connectivity index (χ0n) is 13.6. The van der Waals surface area contributed by atoms with Crippen LogP contribution in [0, 0.1) is 6.92 Å². The number of carbonyl (C=O) groups is 1. The lowest BCUT2D eigenvalue weighted by molar-refractivity contribution is -0.115. The van der Waals surface area contributed by atoms with Gasteiger partial charge in [0.25, 0.3) is 0 Å². The fraction of sp³-hybridized carbons (Fsp3) is 0.105. The lowest BCUT2D eigenvalue weighted by Gasteiger charge is -1.99. The van der Waals surface area contributed by atoms with E-state index in [0.29, 0.717) is 23.3 Å². The van der Waals surface area contributed by atoms with Crippen LogP contribution >= 0.6 is 0 Å². The van der Waals surface area contributed by atoms with Gasteiger partial charge in [0.05, 0.1) is 23.1 Å². The van der Waals surface area contributed by atoms with Crippen molar-refractivity contribution in [2.45, 2.75) is 13.3 Å². The van der Waals surface area contributed by atoms with E-state index in [9.17, 15) is 4.79 Å². The second-order valence-corrected chi connectivity index (χ2v) is 5.72. The van der Waals surface area contributed by atoms with Crippen molar-refractivity contribution >= 4 is 22.9 Å². The lowest BCUT2D eigenvalue weighted by Crippen LogP contribution is -2.16. The summed E-state index contributed by atoms with van der Waals surface area (Å²) in [5, 5.41) is 2.77. The Morgan fingerprint density at radius 1 is 1.08 bits per heavy atom. The first kappa shape index (κ1) is 15.1. The number of nitrogens with zero attached hydrogens (tertiary/aromatic N) is 2. The van der Waals surface area contributed by atoms with Gasteiger partial charge in [0.1, 0.15) is 5.76 Å². The number of hydrogen-bond donors (Lipinski definition) is 2. The third kappa shape index (κ3) is 3.14. The van der Waals surface area contributed by atoms with Gasteiger partial charge in [0.2, 0.25) is 17.7 Å². The monoisotopic (exact) mass is 332 g/mol. The molecule has 0 fully saturated rings. The molecular weight excluding hydrogens is 316 g/mol. The largest absolute Gasteiger partial charge is 0.441 e. The summed E-state index contributed by atoms with van der Waals surface area (Å²) >= 11 is 0. The highest BCUT2D eigenvalue weighted by molar-refractivity contribution is 5.92. The number of oxazole rings is 1. The molecule has 6 nitrogen and oxygen atoms in total. The minimum Gasteiger partial charge on any atom is -0.441 e. The smallest absolute Gasteiger partial charge is 0.232 e. The van der Waals surface area contributed by atoms with E-state index >= 15 is 0 Å². The molecule has 2 aromatic carbocycles. The Bertz CT molecular complexity index is 1000. The van der Waals surface area contributed by atoms with Crippen molar-refractivity contribution < 1.29 is 9.21 Å². The van der Waals surface area contributed by atoms with E-state index in [0.717, 1.165) is 16.6 Å². The van der Waals surface area contributed by atoms with Gasteiger partial charge in [-0.05, 0) is 31.2 Å². The van der Waals surface area contributed by atoms with E-state index in [2.05, 4.69) is 20.3 Å². The maximum Gasteiger partial charge on any atom is 0.232 e. The first-order valence-corrected chi connectivity index (χ1v) is 7.95. The topological polar surface area (TPSA) is 83.8 Å². The third-order valence-corrected chi connectivity index (χ3v) is 3.89. The summed E-state index contributed by atoms with van der Waals surface area (Å²) < 4.78 is 5.69. The molecule has 0 saturated carbocycles. The molecule has 0 atom stereocenters. The molecule has 0 aliphatic heterocycles. The molecule has 25 heavy (non-hydrogen) atoms. The van der Waals surface area contributed by atoms with Crippen molar-refractivity contribution in [1.29, 1.82) is 0 Å². The van der Waals surface area contributed by atoms with Crippen molar-refractivity contribution in [2.24, 2.45) is 0 Å². The number of imidazole rings is 1. The molecule has 0 unspecified atom stereocenters. The molecule has 0 aliphatic rings. The summed E-state index contributed by atoms with van der Waals surface area (Å²) in [6.45, 7) is 1.81. The molecule has 0 bridgehead atoms. The summed E-state index contributed by atoms with van der Waals surface area (Å²) in [6.07, 6.45) is 0.124. The summed E-state index contributed by atoms with van der Waals surface area (Å²) in [5.41, 5.74) is 3.19. The van der Waals surface area contributed by atoms with Gasteiger partial charge < -0.3 is 9.40 Å². The maximum absolute atomic E-state index is 12.3. The molecule has 124 valence electrons. The van der Waals surface area contributed by atoms with Crippen molar-refractivity contribution in [3.8, 4) is 11.5 Å². The molecule has 0 radical (unpaired) electrons. The number of fused-ring (bicyclic) bond motifs is 1. The molecule has 2 aromatic heterocycles. The van der Waals surface area contributed by atoms with Crippen LogP contribution in [0.5, 0.6) is 0 Å². The number of benzene rings is 2. The molecular formula is C19H16N4O2. The number of aromatic amines is 1. The molecule has 6 heteroatoms. The van der Waals surface area contributed by atoms with Crippen LogP contribution in [0.2, 0.25) is 0 Å². The Hall–Kier alpha value is -3.41. The molecule has 4 rings (SSSR count). The van der Waals surface area contributed by atoms with Crippen molar-refractivity contribution in [3.63, 3.8) is 0 Å². The molecule has 2 N–H and O–H groups in total. The van der Waals surface area contributed by atoms with Crippen molar-refractivity contribution in [2.75, 3.05) is 5.32 Å². The minimum absolute atomic E-state index is 0.124. The zero-order chi connectivity index (χ0) is 17.2. The van der Waals surface area contributed by atoms with Gasteiger partial charge in [0.15, 0.2) is 0 Å². The molecule has 0 aliphatic carbocycles. The number of H-pyrrole nitrogens is 1. The molecule has 0 saturated heterocycles.